The van der Waals surface area contributed by atoms with Crippen molar-refractivity contribution in [3.8, 4) is 22.5 Å². The molecule has 1 radical (unpaired) electrons. The van der Waals surface area contributed by atoms with Crippen LogP contribution in [-0.4, -0.2) is 23.2 Å². The number of hydrogen-bond donors (Lipinski definition) is 0. The van der Waals surface area contributed by atoms with Crippen LogP contribution < -0.4 is 4.40 Å². The zero-order valence-corrected chi connectivity index (χ0v) is 32.2. The summed E-state index contributed by atoms with van der Waals surface area (Å²) in [6, 6.07) is 36.1. The van der Waals surface area contributed by atoms with E-state index in [0.29, 0.717) is 0 Å². The number of aryl methyl sites for hydroxylation is 2. The molecule has 7 rings (SSSR count). The molecule has 3 aromatic heterocycles. The SMILES string of the molecule is Cc1cc(-c2[c-]cccc2)nc[c]1[Ge]([CH3])([CH3])[CH3].[2H]C(C)(C)c1ccnc(-c2[c-]ccc3c2sc2cc4ccc(C)cc4cc23)c1.[Ir]. The van der Waals surface area contributed by atoms with Gasteiger partial charge in [0.2, 0.25) is 0 Å². The fourth-order valence-electron chi connectivity index (χ4n) is 5.71. The second kappa shape index (κ2) is 13.7. The number of rotatable bonds is 4. The molecule has 7 aromatic rings. The first-order chi connectivity index (χ1) is 21.4. The first-order valence-electron chi connectivity index (χ1n) is 15.6. The quantitative estimate of drug-likeness (QED) is 0.130. The molecule has 2 nitrogen and oxygen atoms in total. The van der Waals surface area contributed by atoms with E-state index in [0.717, 1.165) is 28.1 Å². The Hall–Kier alpha value is -3.15. The van der Waals surface area contributed by atoms with Crippen LogP contribution in [0.25, 0.3) is 53.5 Å². The first-order valence-corrected chi connectivity index (χ1v) is 23.2. The Morgan fingerprint density at radius 3 is 2.33 bits per heavy atom. The molecule has 0 unspecified atom stereocenters. The van der Waals surface area contributed by atoms with Gasteiger partial charge in [0.05, 0.1) is 0 Å². The standard InChI is InChI=1S/C25H20NS.C15H18GeN.Ir/c1-15(2)17-9-10-26-23(13-17)21-6-4-5-20-22-12-19-11-16(3)7-8-18(19)14-24(22)27-25(20)21;1-12-10-15(13-8-6-5-7-9-13)17-11-14(12)16(2,3)4;/h4-5,7-15H,1-3H3;5-8,10-11H,1-4H3;/q2*-1;/i15D;;. The Kier molecular flexibility index (Phi) is 9.68. The van der Waals surface area contributed by atoms with Crippen LogP contribution in [-0.2, 0) is 20.1 Å². The van der Waals surface area contributed by atoms with Crippen molar-refractivity contribution >= 4 is 59.9 Å². The van der Waals surface area contributed by atoms with Crippen LogP contribution in [0.4, 0.5) is 0 Å². The summed E-state index contributed by atoms with van der Waals surface area (Å²) in [5.74, 6) is 6.55. The van der Waals surface area contributed by atoms with Gasteiger partial charge in [0.25, 0.3) is 0 Å². The first kappa shape index (κ1) is 31.8. The zero-order valence-electron chi connectivity index (χ0n) is 27.9. The summed E-state index contributed by atoms with van der Waals surface area (Å²) in [4.78, 5) is 9.19. The zero-order chi connectivity index (χ0) is 31.9. The Bertz CT molecular complexity index is 2160. The molecule has 0 spiro atoms. The number of pyridine rings is 2. The maximum absolute atomic E-state index is 8.35. The van der Waals surface area contributed by atoms with Crippen molar-refractivity contribution in [3.05, 3.63) is 126 Å². The van der Waals surface area contributed by atoms with Gasteiger partial charge in [0.1, 0.15) is 0 Å². The average molecular weight is 845 g/mol. The van der Waals surface area contributed by atoms with E-state index in [1.807, 2.05) is 50.2 Å². The molecule has 45 heavy (non-hydrogen) atoms. The van der Waals surface area contributed by atoms with E-state index in [4.69, 9.17) is 1.37 Å². The Balaban J connectivity index is 0.000000200. The molecule has 3 heterocycles. The fourth-order valence-corrected chi connectivity index (χ4v) is 10.5. The minimum atomic E-state index is -1.77. The van der Waals surface area contributed by atoms with E-state index in [2.05, 4.69) is 108 Å². The molecule has 229 valence electrons. The Morgan fingerprint density at radius 2 is 1.62 bits per heavy atom. The van der Waals surface area contributed by atoms with Gasteiger partial charge >= 0.3 is 106 Å². The van der Waals surface area contributed by atoms with E-state index in [1.165, 1.54) is 46.5 Å². The van der Waals surface area contributed by atoms with E-state index in [9.17, 15) is 0 Å². The van der Waals surface area contributed by atoms with Gasteiger partial charge < -0.3 is 4.98 Å². The number of thiophene rings is 1. The number of hydrogen-bond acceptors (Lipinski definition) is 3. The maximum atomic E-state index is 8.35. The smallest absolute Gasteiger partial charge is 0.0346 e. The number of benzene rings is 4. The normalized spacial score (nSPS) is 12.0. The maximum Gasteiger partial charge on any atom is 0.0346 e. The van der Waals surface area contributed by atoms with Crippen LogP contribution in [0.3, 0.4) is 0 Å². The predicted octanol–water partition coefficient (Wildman–Crippen LogP) is 10.9. The van der Waals surface area contributed by atoms with Crippen LogP contribution in [0.2, 0.25) is 17.3 Å². The van der Waals surface area contributed by atoms with Crippen molar-refractivity contribution in [2.24, 2.45) is 0 Å². The third kappa shape index (κ3) is 7.15. The second-order valence-electron chi connectivity index (χ2n) is 12.7. The summed E-state index contributed by atoms with van der Waals surface area (Å²) < 4.78 is 12.3. The van der Waals surface area contributed by atoms with Crippen LogP contribution >= 0.6 is 11.3 Å². The van der Waals surface area contributed by atoms with Gasteiger partial charge in [-0.25, -0.2) is 0 Å². The molecule has 0 aliphatic carbocycles. The van der Waals surface area contributed by atoms with Gasteiger partial charge in [-0.1, -0.05) is 54.6 Å². The van der Waals surface area contributed by atoms with E-state index in [-0.39, 0.29) is 20.1 Å². The van der Waals surface area contributed by atoms with Gasteiger partial charge in [-0.15, -0.1) is 23.8 Å². The van der Waals surface area contributed by atoms with E-state index >= 15 is 0 Å². The monoisotopic (exact) mass is 846 g/mol. The van der Waals surface area contributed by atoms with Crippen LogP contribution in [0, 0.1) is 26.0 Å². The molecule has 0 fully saturated rings. The third-order valence-corrected chi connectivity index (χ3v) is 13.7. The van der Waals surface area contributed by atoms with Gasteiger partial charge in [-0.2, -0.15) is 11.3 Å². The Labute approximate surface area is 289 Å². The summed E-state index contributed by atoms with van der Waals surface area (Å²) in [5, 5.41) is 5.07. The summed E-state index contributed by atoms with van der Waals surface area (Å²) in [6.45, 7) is 8.14. The van der Waals surface area contributed by atoms with Gasteiger partial charge in [-0.3, -0.25) is 0 Å². The van der Waals surface area contributed by atoms with Crippen molar-refractivity contribution < 1.29 is 21.5 Å². The molecule has 0 aliphatic rings. The van der Waals surface area contributed by atoms with Crippen LogP contribution in [0.1, 0.15) is 37.8 Å². The Morgan fingerprint density at radius 1 is 0.800 bits per heavy atom. The van der Waals surface area contributed by atoms with E-state index in [1.54, 1.807) is 17.5 Å². The summed E-state index contributed by atoms with van der Waals surface area (Å²) in [6.07, 6.45) is 3.88. The van der Waals surface area contributed by atoms with Crippen LogP contribution in [0.15, 0.2) is 97.3 Å². The number of aromatic nitrogens is 2. The van der Waals surface area contributed by atoms with Gasteiger partial charge in [-0.05, 0) is 57.6 Å². The summed E-state index contributed by atoms with van der Waals surface area (Å²) >= 11 is 0.0248. The molecule has 0 saturated heterocycles. The van der Waals surface area contributed by atoms with Crippen molar-refractivity contribution in [3.63, 3.8) is 0 Å². The van der Waals surface area contributed by atoms with Crippen molar-refractivity contribution in [2.45, 2.75) is 50.9 Å². The average Bonchev–Trinajstić information content (AvgIpc) is 3.37. The molecule has 0 amide bonds. The molecular formula is C40H38GeIrN2S-2. The molecule has 0 bridgehead atoms. The van der Waals surface area contributed by atoms with Gasteiger partial charge in [0.15, 0.2) is 0 Å². The van der Waals surface area contributed by atoms with Gasteiger partial charge in [0, 0.05) is 32.4 Å². The predicted molar refractivity (Wildman–Crippen MR) is 194 cm³/mol. The third-order valence-electron chi connectivity index (χ3n) is 8.04. The topological polar surface area (TPSA) is 25.8 Å². The minimum absolute atomic E-state index is 0. The molecular weight excluding hydrogens is 805 g/mol. The minimum Gasteiger partial charge on any atom is -0.305 e. The summed E-state index contributed by atoms with van der Waals surface area (Å²) in [7, 11) is 0. The molecule has 5 heteroatoms. The van der Waals surface area contributed by atoms with Crippen molar-refractivity contribution in [2.75, 3.05) is 0 Å². The van der Waals surface area contributed by atoms with Crippen molar-refractivity contribution in [1.29, 1.82) is 0 Å². The molecule has 0 aliphatic heterocycles. The second-order valence-corrected chi connectivity index (χ2v) is 24.4. The van der Waals surface area contributed by atoms with E-state index < -0.39 is 19.2 Å². The molecule has 0 atom stereocenters. The number of fused-ring (bicyclic) bond motifs is 4. The molecule has 4 aromatic carbocycles. The van der Waals surface area contributed by atoms with Crippen molar-refractivity contribution in [1.82, 2.24) is 9.97 Å². The fraction of sp³-hybridized carbons (Fsp3) is 0.200. The summed E-state index contributed by atoms with van der Waals surface area (Å²) in [5.41, 5.74) is 7.62. The molecule has 0 N–H and O–H groups in total. The largest absolute Gasteiger partial charge is 0.305 e. The molecule has 0 saturated carbocycles. The van der Waals surface area contributed by atoms with Crippen LogP contribution in [0.5, 0.6) is 0 Å². The number of nitrogens with zero attached hydrogens (tertiary/aromatic N) is 2.